The number of carbonyl (C=O) groups is 1. The number of hydrogen-bond acceptors (Lipinski definition) is 3. The molecule has 1 rings (SSSR count). The molecule has 1 amide bonds. The second kappa shape index (κ2) is 8.94. The Bertz CT molecular complexity index is 560. The summed E-state index contributed by atoms with van der Waals surface area (Å²) in [6, 6.07) is 5.28. The van der Waals surface area contributed by atoms with E-state index in [1.807, 2.05) is 49.8 Å². The molecule has 4 nitrogen and oxygen atoms in total. The van der Waals surface area contributed by atoms with E-state index >= 15 is 0 Å². The molecule has 1 aromatic rings. The van der Waals surface area contributed by atoms with Crippen molar-refractivity contribution in [3.05, 3.63) is 40.9 Å². The molecule has 0 aliphatic carbocycles. The second-order valence-electron chi connectivity index (χ2n) is 5.86. The molecule has 1 aromatic carbocycles. The van der Waals surface area contributed by atoms with E-state index < -0.39 is 0 Å². The summed E-state index contributed by atoms with van der Waals surface area (Å²) in [4.78, 5) is 16.5. The third kappa shape index (κ3) is 5.56. The highest BCUT2D eigenvalue weighted by Gasteiger charge is 2.23. The molecule has 0 aromatic heterocycles. The van der Waals surface area contributed by atoms with E-state index in [2.05, 4.69) is 6.58 Å². The van der Waals surface area contributed by atoms with Crippen LogP contribution in [0.4, 0.5) is 0 Å². The van der Waals surface area contributed by atoms with Gasteiger partial charge in [0.25, 0.3) is 0 Å². The number of methoxy groups -OCH3 is 1. The average molecular weight is 339 g/mol. The number of rotatable bonds is 8. The molecular formula is C18H27ClN2O2. The highest BCUT2D eigenvalue weighted by Crippen LogP contribution is 2.24. The fourth-order valence-electron chi connectivity index (χ4n) is 2.40. The summed E-state index contributed by atoms with van der Waals surface area (Å²) in [5, 5.41) is 0.658. The van der Waals surface area contributed by atoms with Gasteiger partial charge in [0.1, 0.15) is 5.75 Å². The van der Waals surface area contributed by atoms with Crippen LogP contribution in [0.2, 0.25) is 5.02 Å². The molecule has 0 heterocycles. The Labute approximate surface area is 144 Å². The minimum atomic E-state index is -0.238. The van der Waals surface area contributed by atoms with E-state index in [9.17, 15) is 4.79 Å². The zero-order valence-electron chi connectivity index (χ0n) is 14.7. The van der Waals surface area contributed by atoms with Crippen molar-refractivity contribution in [3.8, 4) is 5.75 Å². The standard InChI is InChI=1S/C18H27ClN2O2/c1-7-21(11-13(2)3)18(22)14(4)20(5)12-15-10-16(19)8-9-17(15)23-6/h8-10,14H,2,7,11-12H2,1,3-6H3. The molecule has 0 saturated carbocycles. The Kier molecular flexibility index (Phi) is 7.59. The maximum Gasteiger partial charge on any atom is 0.239 e. The van der Waals surface area contributed by atoms with Crippen LogP contribution in [0.1, 0.15) is 26.3 Å². The highest BCUT2D eigenvalue weighted by atomic mass is 35.5. The van der Waals surface area contributed by atoms with E-state index in [1.54, 1.807) is 13.2 Å². The summed E-state index contributed by atoms with van der Waals surface area (Å²) in [7, 11) is 3.56. The number of carbonyl (C=O) groups excluding carboxylic acids is 1. The first kappa shape index (κ1) is 19.5. The minimum absolute atomic E-state index is 0.0963. The molecular weight excluding hydrogens is 312 g/mol. The molecule has 23 heavy (non-hydrogen) atoms. The van der Waals surface area contributed by atoms with Crippen LogP contribution in [0.5, 0.6) is 5.75 Å². The first-order chi connectivity index (χ1) is 10.8. The molecule has 5 heteroatoms. The van der Waals surface area contributed by atoms with Crippen molar-refractivity contribution in [1.29, 1.82) is 0 Å². The van der Waals surface area contributed by atoms with Gasteiger partial charge in [-0.3, -0.25) is 9.69 Å². The third-order valence-electron chi connectivity index (χ3n) is 3.83. The summed E-state index contributed by atoms with van der Waals surface area (Å²) in [5.74, 6) is 0.870. The third-order valence-corrected chi connectivity index (χ3v) is 4.07. The van der Waals surface area contributed by atoms with Gasteiger partial charge in [-0.05, 0) is 46.0 Å². The summed E-state index contributed by atoms with van der Waals surface area (Å²) < 4.78 is 5.37. The largest absolute Gasteiger partial charge is 0.496 e. The molecule has 0 spiro atoms. The molecule has 0 aliphatic heterocycles. The van der Waals surface area contributed by atoms with E-state index in [1.165, 1.54) is 0 Å². The van der Waals surface area contributed by atoms with Crippen molar-refractivity contribution in [1.82, 2.24) is 9.80 Å². The van der Waals surface area contributed by atoms with Gasteiger partial charge in [0.05, 0.1) is 13.2 Å². The molecule has 0 radical (unpaired) electrons. The number of halogens is 1. The first-order valence-corrected chi connectivity index (χ1v) is 8.13. The minimum Gasteiger partial charge on any atom is -0.496 e. The fourth-order valence-corrected chi connectivity index (χ4v) is 2.60. The van der Waals surface area contributed by atoms with E-state index in [0.717, 1.165) is 16.9 Å². The van der Waals surface area contributed by atoms with E-state index in [0.29, 0.717) is 24.7 Å². The van der Waals surface area contributed by atoms with Crippen LogP contribution in [0.25, 0.3) is 0 Å². The smallest absolute Gasteiger partial charge is 0.239 e. The van der Waals surface area contributed by atoms with Crippen LogP contribution in [0.3, 0.4) is 0 Å². The Morgan fingerprint density at radius 1 is 1.43 bits per heavy atom. The molecule has 1 atom stereocenters. The van der Waals surface area contributed by atoms with Crippen LogP contribution >= 0.6 is 11.6 Å². The van der Waals surface area contributed by atoms with Crippen LogP contribution < -0.4 is 4.74 Å². The maximum absolute atomic E-state index is 12.6. The van der Waals surface area contributed by atoms with Crippen LogP contribution in [0, 0.1) is 0 Å². The van der Waals surface area contributed by atoms with Gasteiger partial charge in [-0.1, -0.05) is 23.8 Å². The number of hydrogen-bond donors (Lipinski definition) is 0. The van der Waals surface area contributed by atoms with Crippen molar-refractivity contribution in [3.63, 3.8) is 0 Å². The fraction of sp³-hybridized carbons (Fsp3) is 0.500. The van der Waals surface area contributed by atoms with Crippen molar-refractivity contribution < 1.29 is 9.53 Å². The number of benzene rings is 1. The molecule has 0 aliphatic rings. The van der Waals surface area contributed by atoms with Gasteiger partial charge >= 0.3 is 0 Å². The molecule has 1 unspecified atom stereocenters. The van der Waals surface area contributed by atoms with Gasteiger partial charge in [0, 0.05) is 30.2 Å². The summed E-state index contributed by atoms with van der Waals surface area (Å²) in [6.07, 6.45) is 0. The van der Waals surface area contributed by atoms with Gasteiger partial charge in [0.2, 0.25) is 5.91 Å². The Balaban J connectivity index is 2.84. The van der Waals surface area contributed by atoms with Crippen molar-refractivity contribution in [2.45, 2.75) is 33.4 Å². The zero-order valence-corrected chi connectivity index (χ0v) is 15.5. The van der Waals surface area contributed by atoms with Gasteiger partial charge in [-0.15, -0.1) is 0 Å². The van der Waals surface area contributed by atoms with Crippen LogP contribution in [-0.4, -0.2) is 49.0 Å². The monoisotopic (exact) mass is 338 g/mol. The maximum atomic E-state index is 12.6. The Morgan fingerprint density at radius 2 is 2.09 bits per heavy atom. The summed E-state index contributed by atoms with van der Waals surface area (Å²) in [5.41, 5.74) is 1.94. The zero-order chi connectivity index (χ0) is 17.6. The molecule has 0 N–H and O–H groups in total. The highest BCUT2D eigenvalue weighted by molar-refractivity contribution is 6.30. The second-order valence-corrected chi connectivity index (χ2v) is 6.29. The molecule has 0 saturated heterocycles. The lowest BCUT2D eigenvalue weighted by molar-refractivity contribution is -0.135. The molecule has 128 valence electrons. The van der Waals surface area contributed by atoms with Gasteiger partial charge in [-0.2, -0.15) is 0 Å². The normalized spacial score (nSPS) is 12.1. The summed E-state index contributed by atoms with van der Waals surface area (Å²) in [6.45, 7) is 11.6. The first-order valence-electron chi connectivity index (χ1n) is 7.76. The molecule has 0 fully saturated rings. The van der Waals surface area contributed by atoms with E-state index in [-0.39, 0.29) is 11.9 Å². The summed E-state index contributed by atoms with van der Waals surface area (Å²) >= 11 is 6.07. The lowest BCUT2D eigenvalue weighted by Crippen LogP contribution is -2.45. The average Bonchev–Trinajstić information content (AvgIpc) is 2.51. The lowest BCUT2D eigenvalue weighted by Gasteiger charge is -2.30. The van der Waals surface area contributed by atoms with Gasteiger partial charge in [0.15, 0.2) is 0 Å². The topological polar surface area (TPSA) is 32.8 Å². The number of likely N-dealkylation sites (N-methyl/N-ethyl adjacent to an activating group) is 2. The van der Waals surface area contributed by atoms with Crippen LogP contribution in [0.15, 0.2) is 30.4 Å². The van der Waals surface area contributed by atoms with Gasteiger partial charge < -0.3 is 9.64 Å². The quantitative estimate of drug-likeness (QED) is 0.679. The lowest BCUT2D eigenvalue weighted by atomic mass is 10.1. The predicted octanol–water partition coefficient (Wildman–Crippen LogP) is 3.59. The number of amides is 1. The Morgan fingerprint density at radius 3 is 2.61 bits per heavy atom. The molecule has 0 bridgehead atoms. The predicted molar refractivity (Wildman–Crippen MR) is 96.0 cm³/mol. The van der Waals surface area contributed by atoms with Gasteiger partial charge in [-0.25, -0.2) is 0 Å². The van der Waals surface area contributed by atoms with Crippen molar-refractivity contribution in [2.24, 2.45) is 0 Å². The Hall–Kier alpha value is -1.52. The van der Waals surface area contributed by atoms with Crippen molar-refractivity contribution >= 4 is 17.5 Å². The van der Waals surface area contributed by atoms with E-state index in [4.69, 9.17) is 16.3 Å². The number of nitrogens with zero attached hydrogens (tertiary/aromatic N) is 2. The van der Waals surface area contributed by atoms with Crippen LogP contribution in [-0.2, 0) is 11.3 Å². The number of ether oxygens (including phenoxy) is 1. The SMILES string of the molecule is C=C(C)CN(CC)C(=O)C(C)N(C)Cc1cc(Cl)ccc1OC. The van der Waals surface area contributed by atoms with Crippen molar-refractivity contribution in [2.75, 3.05) is 27.2 Å².